The van der Waals surface area contributed by atoms with Gasteiger partial charge >= 0.3 is 5.97 Å². The Labute approximate surface area is 106 Å². The van der Waals surface area contributed by atoms with Gasteiger partial charge in [0.2, 0.25) is 0 Å². The maximum absolute atomic E-state index is 11.7. The summed E-state index contributed by atoms with van der Waals surface area (Å²) in [6, 6.07) is 16.1. The zero-order valence-corrected chi connectivity index (χ0v) is 10.2. The maximum atomic E-state index is 11.7. The van der Waals surface area contributed by atoms with Crippen LogP contribution in [0, 0.1) is 6.92 Å². The summed E-state index contributed by atoms with van der Waals surface area (Å²) < 4.78 is 5.27. The zero-order valence-electron chi connectivity index (χ0n) is 10.2. The molecule has 0 fully saturated rings. The normalized spacial score (nSPS) is 18.1. The highest BCUT2D eigenvalue weighted by Gasteiger charge is 2.27. The van der Waals surface area contributed by atoms with Crippen molar-refractivity contribution in [1.82, 2.24) is 0 Å². The Morgan fingerprint density at radius 3 is 2.56 bits per heavy atom. The number of carbonyl (C=O) groups is 1. The summed E-state index contributed by atoms with van der Waals surface area (Å²) >= 11 is 0. The van der Waals surface area contributed by atoms with Gasteiger partial charge in [-0.2, -0.15) is 0 Å². The number of hydrogen-bond acceptors (Lipinski definition) is 2. The van der Waals surface area contributed by atoms with Crippen LogP contribution in [0.5, 0.6) is 5.75 Å². The number of para-hydroxylation sites is 1. The summed E-state index contributed by atoms with van der Waals surface area (Å²) in [4.78, 5) is 11.7. The van der Waals surface area contributed by atoms with Gasteiger partial charge in [-0.05, 0) is 18.6 Å². The largest absolute Gasteiger partial charge is 0.426 e. The molecule has 0 N–H and O–H groups in total. The van der Waals surface area contributed by atoms with E-state index in [0.29, 0.717) is 12.2 Å². The molecule has 0 radical (unpaired) electrons. The second kappa shape index (κ2) is 4.30. The van der Waals surface area contributed by atoms with Crippen LogP contribution < -0.4 is 4.74 Å². The van der Waals surface area contributed by atoms with E-state index in [1.807, 2.05) is 24.3 Å². The molecule has 2 aromatic carbocycles. The van der Waals surface area contributed by atoms with Crippen molar-refractivity contribution < 1.29 is 9.53 Å². The maximum Gasteiger partial charge on any atom is 0.312 e. The Hall–Kier alpha value is -2.09. The van der Waals surface area contributed by atoms with Gasteiger partial charge in [0.1, 0.15) is 5.75 Å². The van der Waals surface area contributed by atoms with Gasteiger partial charge in [-0.25, -0.2) is 0 Å². The third-order valence-electron chi connectivity index (χ3n) is 3.37. The average Bonchev–Trinajstić information content (AvgIpc) is 2.38. The first kappa shape index (κ1) is 11.0. The van der Waals surface area contributed by atoms with Crippen molar-refractivity contribution in [2.24, 2.45) is 0 Å². The molecule has 0 unspecified atom stereocenters. The highest BCUT2D eigenvalue weighted by Crippen LogP contribution is 2.38. The summed E-state index contributed by atoms with van der Waals surface area (Å²) in [6.07, 6.45) is 0.417. The van der Waals surface area contributed by atoms with E-state index in [1.54, 1.807) is 0 Å². The van der Waals surface area contributed by atoms with Crippen LogP contribution in [-0.2, 0) is 4.79 Å². The number of rotatable bonds is 1. The molecular formula is C16H14O2. The Morgan fingerprint density at radius 1 is 1.06 bits per heavy atom. The lowest BCUT2D eigenvalue weighted by Crippen LogP contribution is -2.20. The van der Waals surface area contributed by atoms with Crippen LogP contribution in [0.2, 0.25) is 0 Å². The second-order valence-corrected chi connectivity index (χ2v) is 4.68. The van der Waals surface area contributed by atoms with Gasteiger partial charge in [0.25, 0.3) is 0 Å². The van der Waals surface area contributed by atoms with Gasteiger partial charge < -0.3 is 4.74 Å². The molecule has 1 aliphatic heterocycles. The molecule has 0 saturated heterocycles. The molecule has 1 atom stereocenters. The third-order valence-corrected chi connectivity index (χ3v) is 3.37. The zero-order chi connectivity index (χ0) is 12.5. The number of fused-ring (bicyclic) bond motifs is 1. The van der Waals surface area contributed by atoms with E-state index in [-0.39, 0.29) is 11.9 Å². The van der Waals surface area contributed by atoms with Crippen LogP contribution in [0.4, 0.5) is 0 Å². The lowest BCUT2D eigenvalue weighted by atomic mass is 9.86. The highest BCUT2D eigenvalue weighted by atomic mass is 16.5. The minimum atomic E-state index is -0.153. The van der Waals surface area contributed by atoms with Crippen molar-refractivity contribution in [3.05, 3.63) is 65.2 Å². The van der Waals surface area contributed by atoms with Crippen molar-refractivity contribution in [1.29, 1.82) is 0 Å². The molecule has 1 heterocycles. The molecule has 1 aliphatic rings. The lowest BCUT2D eigenvalue weighted by molar-refractivity contribution is -0.135. The van der Waals surface area contributed by atoms with Crippen LogP contribution in [0.1, 0.15) is 29.0 Å². The fourth-order valence-electron chi connectivity index (χ4n) is 2.40. The van der Waals surface area contributed by atoms with Crippen LogP contribution in [0.25, 0.3) is 0 Å². The van der Waals surface area contributed by atoms with Gasteiger partial charge in [-0.3, -0.25) is 4.79 Å². The van der Waals surface area contributed by atoms with Gasteiger partial charge in [0, 0.05) is 11.5 Å². The summed E-state index contributed by atoms with van der Waals surface area (Å²) in [5.74, 6) is 0.654. The minimum absolute atomic E-state index is 0.114. The second-order valence-electron chi connectivity index (χ2n) is 4.68. The summed E-state index contributed by atoms with van der Waals surface area (Å²) in [7, 11) is 0. The molecule has 18 heavy (non-hydrogen) atoms. The highest BCUT2D eigenvalue weighted by molar-refractivity contribution is 5.77. The molecule has 90 valence electrons. The quantitative estimate of drug-likeness (QED) is 0.562. The number of aryl methyl sites for hydroxylation is 1. The topological polar surface area (TPSA) is 26.3 Å². The number of esters is 1. The van der Waals surface area contributed by atoms with Crippen molar-refractivity contribution in [3.8, 4) is 5.75 Å². The number of carbonyl (C=O) groups excluding carboxylic acids is 1. The first-order valence-corrected chi connectivity index (χ1v) is 6.10. The molecule has 0 saturated carbocycles. The smallest absolute Gasteiger partial charge is 0.312 e. The van der Waals surface area contributed by atoms with Gasteiger partial charge in [0.15, 0.2) is 0 Å². The van der Waals surface area contributed by atoms with Crippen molar-refractivity contribution in [2.75, 3.05) is 0 Å². The van der Waals surface area contributed by atoms with Crippen molar-refractivity contribution in [3.63, 3.8) is 0 Å². The Balaban J connectivity index is 2.07. The van der Waals surface area contributed by atoms with Crippen molar-refractivity contribution >= 4 is 5.97 Å². The Bertz CT molecular complexity index is 584. The summed E-state index contributed by atoms with van der Waals surface area (Å²) in [6.45, 7) is 2.06. The SMILES string of the molecule is Cc1ccc([C@@H]2CC(=O)Oc3ccccc32)cc1. The van der Waals surface area contributed by atoms with Gasteiger partial charge in [-0.1, -0.05) is 48.0 Å². The van der Waals surface area contributed by atoms with E-state index >= 15 is 0 Å². The van der Waals surface area contributed by atoms with Crippen molar-refractivity contribution in [2.45, 2.75) is 19.3 Å². The monoisotopic (exact) mass is 238 g/mol. The molecular weight excluding hydrogens is 224 g/mol. The van der Waals surface area contributed by atoms with Crippen LogP contribution in [0.15, 0.2) is 48.5 Å². The molecule has 0 aromatic heterocycles. The molecule has 0 spiro atoms. The van der Waals surface area contributed by atoms with E-state index < -0.39 is 0 Å². The molecule has 3 rings (SSSR count). The fraction of sp³-hybridized carbons (Fsp3) is 0.188. The first-order valence-electron chi connectivity index (χ1n) is 6.10. The molecule has 0 bridgehead atoms. The van der Waals surface area contributed by atoms with E-state index in [4.69, 9.17) is 4.74 Å². The molecule has 0 amide bonds. The predicted molar refractivity (Wildman–Crippen MR) is 69.7 cm³/mol. The van der Waals surface area contributed by atoms with Gasteiger partial charge in [0.05, 0.1) is 6.42 Å². The predicted octanol–water partition coefficient (Wildman–Crippen LogP) is 3.44. The molecule has 2 aromatic rings. The average molecular weight is 238 g/mol. The third kappa shape index (κ3) is 1.90. The van der Waals surface area contributed by atoms with E-state index in [1.165, 1.54) is 11.1 Å². The Morgan fingerprint density at radius 2 is 1.78 bits per heavy atom. The van der Waals surface area contributed by atoms with Crippen LogP contribution >= 0.6 is 0 Å². The van der Waals surface area contributed by atoms with E-state index in [2.05, 4.69) is 31.2 Å². The van der Waals surface area contributed by atoms with Crippen LogP contribution in [0.3, 0.4) is 0 Å². The number of benzene rings is 2. The van der Waals surface area contributed by atoms with Crippen LogP contribution in [-0.4, -0.2) is 5.97 Å². The number of hydrogen-bond donors (Lipinski definition) is 0. The Kier molecular flexibility index (Phi) is 2.63. The first-order chi connectivity index (χ1) is 8.74. The number of ether oxygens (including phenoxy) is 1. The summed E-state index contributed by atoms with van der Waals surface area (Å²) in [5.41, 5.74) is 3.50. The molecule has 2 heteroatoms. The summed E-state index contributed by atoms with van der Waals surface area (Å²) in [5, 5.41) is 0. The molecule has 2 nitrogen and oxygen atoms in total. The fourth-order valence-corrected chi connectivity index (χ4v) is 2.40. The van der Waals surface area contributed by atoms with Gasteiger partial charge in [-0.15, -0.1) is 0 Å². The van der Waals surface area contributed by atoms with E-state index in [0.717, 1.165) is 5.56 Å². The lowest BCUT2D eigenvalue weighted by Gasteiger charge is -2.24. The minimum Gasteiger partial charge on any atom is -0.426 e. The standard InChI is InChI=1S/C16H14O2/c1-11-6-8-12(9-7-11)14-10-16(17)18-15-5-3-2-4-13(14)15/h2-9,14H,10H2,1H3/t14-/m0/s1. The van der Waals surface area contributed by atoms with E-state index in [9.17, 15) is 4.79 Å². The molecule has 0 aliphatic carbocycles.